The van der Waals surface area contributed by atoms with Crippen LogP contribution < -0.4 is 4.74 Å². The first kappa shape index (κ1) is 10.9. The molecule has 5 nitrogen and oxygen atoms in total. The summed E-state index contributed by atoms with van der Waals surface area (Å²) >= 11 is 0. The van der Waals surface area contributed by atoms with Gasteiger partial charge >= 0.3 is 6.03 Å². The molecule has 0 spiro atoms. The van der Waals surface area contributed by atoms with E-state index in [1.165, 1.54) is 10.5 Å². The molecule has 0 aromatic heterocycles. The van der Waals surface area contributed by atoms with Crippen LogP contribution in [0.1, 0.15) is 17.2 Å². The Hall–Kier alpha value is -2.22. The number of nitrogens with zero attached hydrogens (tertiary/aromatic N) is 3. The van der Waals surface area contributed by atoms with Crippen molar-refractivity contribution in [3.05, 3.63) is 29.3 Å². The minimum absolute atomic E-state index is 0.0527. The van der Waals surface area contributed by atoms with Crippen LogP contribution in [-0.2, 0) is 6.42 Å². The molecule has 1 atom stereocenters. The Labute approximate surface area is 105 Å². The number of fused-ring (bicyclic) bond motifs is 1. The van der Waals surface area contributed by atoms with Gasteiger partial charge in [-0.2, -0.15) is 5.26 Å². The number of carbonyl (C=O) groups is 1. The molecule has 1 aromatic carbocycles. The van der Waals surface area contributed by atoms with Gasteiger partial charge in [-0.05, 0) is 23.3 Å². The highest BCUT2D eigenvalue weighted by atomic mass is 16.5. The minimum Gasteiger partial charge on any atom is -0.493 e. The molecular weight excluding hydrogens is 230 g/mol. The van der Waals surface area contributed by atoms with E-state index >= 15 is 0 Å². The van der Waals surface area contributed by atoms with E-state index in [0.29, 0.717) is 6.54 Å². The minimum atomic E-state index is -0.237. The molecule has 2 aliphatic rings. The third-order valence-corrected chi connectivity index (χ3v) is 3.57. The van der Waals surface area contributed by atoms with E-state index in [4.69, 9.17) is 10.00 Å². The van der Waals surface area contributed by atoms with Crippen molar-refractivity contribution in [1.29, 1.82) is 5.26 Å². The van der Waals surface area contributed by atoms with Gasteiger partial charge in [0.2, 0.25) is 0 Å². The first-order valence-corrected chi connectivity index (χ1v) is 5.90. The average Bonchev–Trinajstić information content (AvgIpc) is 2.95. The van der Waals surface area contributed by atoms with Crippen LogP contribution in [0.15, 0.2) is 18.2 Å². The van der Waals surface area contributed by atoms with E-state index < -0.39 is 0 Å². The molecule has 1 fully saturated rings. The highest BCUT2D eigenvalue weighted by molar-refractivity contribution is 5.78. The molecule has 5 heteroatoms. The Morgan fingerprint density at radius 2 is 2.33 bits per heavy atom. The summed E-state index contributed by atoms with van der Waals surface area (Å²) in [6, 6.07) is 5.71. The maximum Gasteiger partial charge on any atom is 0.333 e. The van der Waals surface area contributed by atoms with Crippen molar-refractivity contribution in [1.82, 2.24) is 9.80 Å². The molecule has 1 aromatic rings. The Bertz CT molecular complexity index is 550. The Morgan fingerprint density at radius 3 is 3.06 bits per heavy atom. The molecule has 2 aliphatic heterocycles. The van der Waals surface area contributed by atoms with Gasteiger partial charge < -0.3 is 9.64 Å². The van der Waals surface area contributed by atoms with Gasteiger partial charge in [-0.3, -0.25) is 0 Å². The van der Waals surface area contributed by atoms with Gasteiger partial charge in [0.05, 0.1) is 19.2 Å². The number of amides is 2. The summed E-state index contributed by atoms with van der Waals surface area (Å²) in [6.45, 7) is 1.15. The molecule has 2 heterocycles. The van der Waals surface area contributed by atoms with E-state index in [9.17, 15) is 4.79 Å². The maximum atomic E-state index is 11.8. The largest absolute Gasteiger partial charge is 0.493 e. The van der Waals surface area contributed by atoms with Gasteiger partial charge in [0.25, 0.3) is 0 Å². The molecule has 0 aliphatic carbocycles. The van der Waals surface area contributed by atoms with Crippen LogP contribution in [0.25, 0.3) is 0 Å². The van der Waals surface area contributed by atoms with Gasteiger partial charge in [0.1, 0.15) is 5.75 Å². The van der Waals surface area contributed by atoms with Crippen molar-refractivity contribution in [2.24, 2.45) is 0 Å². The van der Waals surface area contributed by atoms with Gasteiger partial charge in [0.15, 0.2) is 6.19 Å². The lowest BCUT2D eigenvalue weighted by molar-refractivity contribution is 0.205. The van der Waals surface area contributed by atoms with Gasteiger partial charge in [-0.25, -0.2) is 9.69 Å². The number of carbonyl (C=O) groups excluding carboxylic acids is 1. The zero-order chi connectivity index (χ0) is 12.7. The quantitative estimate of drug-likeness (QED) is 0.702. The zero-order valence-electron chi connectivity index (χ0n) is 10.1. The number of benzene rings is 1. The number of likely N-dealkylation sites (N-methyl/N-ethyl adjacent to an activating group) is 1. The first-order valence-electron chi connectivity index (χ1n) is 5.90. The van der Waals surface area contributed by atoms with E-state index in [2.05, 4.69) is 6.07 Å². The molecule has 2 amide bonds. The van der Waals surface area contributed by atoms with Gasteiger partial charge in [-0.15, -0.1) is 0 Å². The summed E-state index contributed by atoms with van der Waals surface area (Å²) < 4.78 is 5.46. The standard InChI is InChI=1S/C13H13N3O2/c1-15-11(7-16(8-14)13(15)17)9-2-3-12-10(6-9)4-5-18-12/h2-3,6,11H,4-5,7H2,1H3. The lowest BCUT2D eigenvalue weighted by Crippen LogP contribution is -2.26. The van der Waals surface area contributed by atoms with Crippen molar-refractivity contribution in [3.8, 4) is 11.9 Å². The van der Waals surface area contributed by atoms with E-state index in [1.54, 1.807) is 11.9 Å². The summed E-state index contributed by atoms with van der Waals surface area (Å²) in [6.07, 6.45) is 2.83. The number of urea groups is 1. The molecule has 3 rings (SSSR count). The maximum absolute atomic E-state index is 11.8. The van der Waals surface area contributed by atoms with E-state index in [0.717, 1.165) is 24.3 Å². The fourth-order valence-electron chi connectivity index (χ4n) is 2.52. The van der Waals surface area contributed by atoms with Crippen LogP contribution in [0.2, 0.25) is 0 Å². The van der Waals surface area contributed by atoms with Crippen molar-refractivity contribution in [2.75, 3.05) is 20.2 Å². The van der Waals surface area contributed by atoms with Crippen LogP contribution in [0.3, 0.4) is 0 Å². The summed E-state index contributed by atoms with van der Waals surface area (Å²) in [4.78, 5) is 14.6. The third kappa shape index (κ3) is 1.50. The van der Waals surface area contributed by atoms with Crippen molar-refractivity contribution >= 4 is 6.03 Å². The van der Waals surface area contributed by atoms with E-state index in [-0.39, 0.29) is 12.1 Å². The predicted molar refractivity (Wildman–Crippen MR) is 63.9 cm³/mol. The van der Waals surface area contributed by atoms with Crippen molar-refractivity contribution in [2.45, 2.75) is 12.5 Å². The van der Waals surface area contributed by atoms with Crippen LogP contribution in [0.4, 0.5) is 4.79 Å². The van der Waals surface area contributed by atoms with Crippen LogP contribution in [-0.4, -0.2) is 36.0 Å². The highest BCUT2D eigenvalue weighted by Crippen LogP contribution is 2.32. The number of rotatable bonds is 1. The molecule has 1 saturated heterocycles. The van der Waals surface area contributed by atoms with Crippen LogP contribution >= 0.6 is 0 Å². The normalized spacial score (nSPS) is 21.8. The smallest absolute Gasteiger partial charge is 0.333 e. The fourth-order valence-corrected chi connectivity index (χ4v) is 2.52. The molecular formula is C13H13N3O2. The molecule has 18 heavy (non-hydrogen) atoms. The topological polar surface area (TPSA) is 56.6 Å². The Balaban J connectivity index is 1.92. The van der Waals surface area contributed by atoms with Crippen molar-refractivity contribution in [3.63, 3.8) is 0 Å². The average molecular weight is 243 g/mol. The molecule has 0 bridgehead atoms. The lowest BCUT2D eigenvalue weighted by atomic mass is 10.0. The second-order valence-corrected chi connectivity index (χ2v) is 4.59. The van der Waals surface area contributed by atoms with Crippen LogP contribution in [0, 0.1) is 11.5 Å². The number of ether oxygens (including phenoxy) is 1. The third-order valence-electron chi connectivity index (χ3n) is 3.57. The monoisotopic (exact) mass is 243 g/mol. The second-order valence-electron chi connectivity index (χ2n) is 4.59. The predicted octanol–water partition coefficient (Wildman–Crippen LogP) is 1.51. The zero-order valence-corrected chi connectivity index (χ0v) is 10.1. The summed E-state index contributed by atoms with van der Waals surface area (Å²) in [5.74, 6) is 0.933. The lowest BCUT2D eigenvalue weighted by Gasteiger charge is -2.18. The number of nitriles is 1. The number of hydrogen-bond acceptors (Lipinski definition) is 3. The van der Waals surface area contributed by atoms with Gasteiger partial charge in [-0.1, -0.05) is 6.07 Å². The second kappa shape index (κ2) is 3.91. The molecule has 0 N–H and O–H groups in total. The van der Waals surface area contributed by atoms with Crippen molar-refractivity contribution < 1.29 is 9.53 Å². The Morgan fingerprint density at radius 1 is 1.50 bits per heavy atom. The van der Waals surface area contributed by atoms with E-state index in [1.807, 2.05) is 18.3 Å². The first-order chi connectivity index (χ1) is 8.70. The molecule has 1 unspecified atom stereocenters. The fraction of sp³-hybridized carbons (Fsp3) is 0.385. The summed E-state index contributed by atoms with van der Waals surface area (Å²) in [5, 5.41) is 8.88. The molecule has 0 radical (unpaired) electrons. The highest BCUT2D eigenvalue weighted by Gasteiger charge is 2.36. The summed E-state index contributed by atoms with van der Waals surface area (Å²) in [7, 11) is 1.73. The van der Waals surface area contributed by atoms with Crippen LogP contribution in [0.5, 0.6) is 5.75 Å². The summed E-state index contributed by atoms with van der Waals surface area (Å²) in [5.41, 5.74) is 2.25. The van der Waals surface area contributed by atoms with Gasteiger partial charge in [0, 0.05) is 13.5 Å². The SMILES string of the molecule is CN1C(=O)N(C#N)CC1c1ccc2c(c1)CCO2. The number of hydrogen-bond donors (Lipinski definition) is 0. The Kier molecular flexibility index (Phi) is 2.37. The molecule has 92 valence electrons. The molecule has 0 saturated carbocycles.